The summed E-state index contributed by atoms with van der Waals surface area (Å²) in [5, 5.41) is 1.82. The van der Waals surface area contributed by atoms with Crippen LogP contribution in [0.5, 0.6) is 0 Å². The average molecular weight is 274 g/mol. The van der Waals surface area contributed by atoms with E-state index in [1.165, 1.54) is 11.3 Å². The van der Waals surface area contributed by atoms with Gasteiger partial charge in [0, 0.05) is 19.6 Å². The van der Waals surface area contributed by atoms with Crippen LogP contribution < -0.4 is 5.73 Å². The zero-order valence-electron chi connectivity index (χ0n) is 9.93. The molecule has 1 aliphatic rings. The third-order valence-corrected chi connectivity index (χ3v) is 6.61. The predicted molar refractivity (Wildman–Crippen MR) is 69.4 cm³/mol. The van der Waals surface area contributed by atoms with Gasteiger partial charge in [-0.2, -0.15) is 4.31 Å². The summed E-state index contributed by atoms with van der Waals surface area (Å²) in [5.74, 6) is 0.513. The number of nitrogens with zero attached hydrogens (tertiary/aromatic N) is 1. The Hall–Kier alpha value is -0.430. The van der Waals surface area contributed by atoms with Crippen molar-refractivity contribution in [3.8, 4) is 0 Å². The Morgan fingerprint density at radius 3 is 2.88 bits per heavy atom. The summed E-state index contributed by atoms with van der Waals surface area (Å²) in [6.07, 6.45) is 2.02. The standard InChI is InChI=1S/C11H18N2O2S2/c1-2-9-3-4-13(7-9)17(14,15)11-5-10(6-12)8-16-11/h5,8-9H,2-4,6-7,12H2,1H3. The van der Waals surface area contributed by atoms with Gasteiger partial charge >= 0.3 is 0 Å². The largest absolute Gasteiger partial charge is 0.326 e. The maximum Gasteiger partial charge on any atom is 0.252 e. The van der Waals surface area contributed by atoms with Crippen LogP contribution in [0.15, 0.2) is 15.7 Å². The molecule has 1 fully saturated rings. The molecule has 17 heavy (non-hydrogen) atoms. The van der Waals surface area contributed by atoms with Gasteiger partial charge in [0.15, 0.2) is 0 Å². The highest BCUT2D eigenvalue weighted by Gasteiger charge is 2.32. The molecule has 0 saturated carbocycles. The van der Waals surface area contributed by atoms with Gasteiger partial charge in [-0.1, -0.05) is 13.3 Å². The smallest absolute Gasteiger partial charge is 0.252 e. The van der Waals surface area contributed by atoms with Crippen molar-refractivity contribution < 1.29 is 8.42 Å². The third-order valence-electron chi connectivity index (χ3n) is 3.29. The van der Waals surface area contributed by atoms with Crippen molar-refractivity contribution in [1.82, 2.24) is 4.31 Å². The van der Waals surface area contributed by atoms with E-state index < -0.39 is 10.0 Å². The molecule has 1 saturated heterocycles. The van der Waals surface area contributed by atoms with Gasteiger partial charge in [0.25, 0.3) is 10.0 Å². The lowest BCUT2D eigenvalue weighted by Crippen LogP contribution is -2.28. The van der Waals surface area contributed by atoms with Gasteiger partial charge in [-0.05, 0) is 29.3 Å². The summed E-state index contributed by atoms with van der Waals surface area (Å²) in [6.45, 7) is 3.81. The van der Waals surface area contributed by atoms with Gasteiger partial charge in [-0.3, -0.25) is 0 Å². The Labute approximate surface area is 106 Å². The van der Waals surface area contributed by atoms with Crippen LogP contribution in [0.4, 0.5) is 0 Å². The molecule has 6 heteroatoms. The predicted octanol–water partition coefficient (Wildman–Crippen LogP) is 1.63. The molecule has 1 unspecified atom stereocenters. The summed E-state index contributed by atoms with van der Waals surface area (Å²) < 4.78 is 26.7. The first-order valence-corrected chi connectivity index (χ1v) is 8.17. The number of sulfonamides is 1. The lowest BCUT2D eigenvalue weighted by atomic mass is 10.1. The van der Waals surface area contributed by atoms with Gasteiger partial charge < -0.3 is 5.73 Å². The lowest BCUT2D eigenvalue weighted by Gasteiger charge is -2.14. The van der Waals surface area contributed by atoms with E-state index in [2.05, 4.69) is 6.92 Å². The molecule has 2 rings (SSSR count). The van der Waals surface area contributed by atoms with Crippen molar-refractivity contribution in [2.45, 2.75) is 30.5 Å². The fraction of sp³-hybridized carbons (Fsp3) is 0.636. The third kappa shape index (κ3) is 2.54. The second-order valence-corrected chi connectivity index (χ2v) is 7.48. The number of nitrogens with two attached hydrogens (primary N) is 1. The normalized spacial score (nSPS) is 22.1. The Balaban J connectivity index is 2.19. The molecule has 0 amide bonds. The van der Waals surface area contributed by atoms with Crippen LogP contribution in [0.1, 0.15) is 25.3 Å². The maximum absolute atomic E-state index is 12.3. The van der Waals surface area contributed by atoms with Crippen LogP contribution in [0.2, 0.25) is 0 Å². The Bertz CT molecular complexity index is 481. The van der Waals surface area contributed by atoms with Crippen LogP contribution in [0.25, 0.3) is 0 Å². The van der Waals surface area contributed by atoms with E-state index >= 15 is 0 Å². The van der Waals surface area contributed by atoms with Crippen LogP contribution in [0.3, 0.4) is 0 Å². The van der Waals surface area contributed by atoms with E-state index in [-0.39, 0.29) is 0 Å². The van der Waals surface area contributed by atoms with E-state index in [0.717, 1.165) is 18.4 Å². The second kappa shape index (κ2) is 5.06. The summed E-state index contributed by atoms with van der Waals surface area (Å²) in [7, 11) is -3.27. The van der Waals surface area contributed by atoms with E-state index in [1.807, 2.05) is 5.38 Å². The molecule has 0 radical (unpaired) electrons. The molecule has 1 aromatic heterocycles. The van der Waals surface area contributed by atoms with Gasteiger partial charge in [-0.25, -0.2) is 8.42 Å². The van der Waals surface area contributed by atoms with Crippen molar-refractivity contribution in [2.24, 2.45) is 11.7 Å². The van der Waals surface area contributed by atoms with Crippen LogP contribution in [-0.4, -0.2) is 25.8 Å². The molecule has 96 valence electrons. The minimum atomic E-state index is -3.27. The highest BCUT2D eigenvalue weighted by atomic mass is 32.2. The fourth-order valence-electron chi connectivity index (χ4n) is 2.07. The van der Waals surface area contributed by atoms with E-state index in [0.29, 0.717) is 29.8 Å². The number of rotatable bonds is 4. The van der Waals surface area contributed by atoms with Crippen LogP contribution in [-0.2, 0) is 16.6 Å². The highest BCUT2D eigenvalue weighted by molar-refractivity contribution is 7.91. The van der Waals surface area contributed by atoms with Gasteiger partial charge in [0.1, 0.15) is 4.21 Å². The Morgan fingerprint density at radius 2 is 2.35 bits per heavy atom. The molecule has 0 aromatic carbocycles. The summed E-state index contributed by atoms with van der Waals surface area (Å²) in [6, 6.07) is 1.69. The second-order valence-electron chi connectivity index (χ2n) is 4.40. The van der Waals surface area contributed by atoms with Gasteiger partial charge in [0.2, 0.25) is 0 Å². The number of hydrogen-bond acceptors (Lipinski definition) is 4. The average Bonchev–Trinajstić information content (AvgIpc) is 2.98. The van der Waals surface area contributed by atoms with Crippen molar-refractivity contribution in [3.63, 3.8) is 0 Å². The van der Waals surface area contributed by atoms with Crippen molar-refractivity contribution in [3.05, 3.63) is 17.0 Å². The van der Waals surface area contributed by atoms with Gasteiger partial charge in [0.05, 0.1) is 0 Å². The molecule has 1 atom stereocenters. The highest BCUT2D eigenvalue weighted by Crippen LogP contribution is 2.29. The molecule has 4 nitrogen and oxygen atoms in total. The van der Waals surface area contributed by atoms with Crippen LogP contribution in [0, 0.1) is 5.92 Å². The summed E-state index contributed by atoms with van der Waals surface area (Å²) in [4.78, 5) is 0. The molecule has 2 N–H and O–H groups in total. The fourth-order valence-corrected chi connectivity index (χ4v) is 4.98. The molecule has 1 aromatic rings. The summed E-state index contributed by atoms with van der Waals surface area (Å²) in [5.41, 5.74) is 6.39. The topological polar surface area (TPSA) is 63.4 Å². The van der Waals surface area contributed by atoms with Crippen LogP contribution >= 0.6 is 11.3 Å². The minimum Gasteiger partial charge on any atom is -0.326 e. The quantitative estimate of drug-likeness (QED) is 0.907. The Morgan fingerprint density at radius 1 is 1.59 bits per heavy atom. The zero-order valence-corrected chi connectivity index (χ0v) is 11.6. The minimum absolute atomic E-state index is 0.392. The number of hydrogen-bond donors (Lipinski definition) is 1. The molecule has 1 aliphatic heterocycles. The van der Waals surface area contributed by atoms with E-state index in [4.69, 9.17) is 5.73 Å². The maximum atomic E-state index is 12.3. The molecular weight excluding hydrogens is 256 g/mol. The lowest BCUT2D eigenvalue weighted by molar-refractivity contribution is 0.454. The monoisotopic (exact) mass is 274 g/mol. The molecule has 0 aliphatic carbocycles. The van der Waals surface area contributed by atoms with E-state index in [1.54, 1.807) is 10.4 Å². The molecule has 0 bridgehead atoms. The van der Waals surface area contributed by atoms with E-state index in [9.17, 15) is 8.42 Å². The molecule has 2 heterocycles. The zero-order chi connectivity index (χ0) is 12.5. The summed E-state index contributed by atoms with van der Waals surface area (Å²) >= 11 is 1.27. The molecule has 0 spiro atoms. The Kier molecular flexibility index (Phi) is 3.87. The number of thiophene rings is 1. The first-order valence-electron chi connectivity index (χ1n) is 5.85. The molecular formula is C11H18N2O2S2. The first-order chi connectivity index (χ1) is 8.07. The van der Waals surface area contributed by atoms with Crippen molar-refractivity contribution in [2.75, 3.05) is 13.1 Å². The van der Waals surface area contributed by atoms with Crippen molar-refractivity contribution in [1.29, 1.82) is 0 Å². The SMILES string of the molecule is CCC1CCN(S(=O)(=O)c2cc(CN)cs2)C1. The van der Waals surface area contributed by atoms with Crippen molar-refractivity contribution >= 4 is 21.4 Å². The first kappa shape index (κ1) is 13.0. The van der Waals surface area contributed by atoms with Gasteiger partial charge in [-0.15, -0.1) is 11.3 Å².